The molecule has 148 valence electrons. The molecule has 0 aromatic heterocycles. The topological polar surface area (TPSA) is 38.8 Å². The Labute approximate surface area is 161 Å². The molecule has 5 nitrogen and oxygen atoms in total. The number of rotatable bonds is 3. The van der Waals surface area contributed by atoms with Crippen LogP contribution in [0.15, 0.2) is 24.3 Å². The summed E-state index contributed by atoms with van der Waals surface area (Å²) < 4.78 is 13.1. The van der Waals surface area contributed by atoms with E-state index < -0.39 is 0 Å². The fourth-order valence-corrected chi connectivity index (χ4v) is 4.86. The van der Waals surface area contributed by atoms with Crippen molar-refractivity contribution in [1.29, 1.82) is 0 Å². The lowest BCUT2D eigenvalue weighted by atomic mass is 9.78. The van der Waals surface area contributed by atoms with E-state index in [1.54, 1.807) is 0 Å². The Morgan fingerprint density at radius 2 is 1.70 bits per heavy atom. The number of hydrogen-bond donors (Lipinski definition) is 1. The molecule has 1 aromatic rings. The van der Waals surface area contributed by atoms with E-state index in [0.29, 0.717) is 5.41 Å². The lowest BCUT2D eigenvalue weighted by Gasteiger charge is -2.43. The molecular weight excluding hydrogens is 343 g/mol. The number of hydrogen-bond acceptors (Lipinski definition) is 4. The zero-order chi connectivity index (χ0) is 18.9. The van der Waals surface area contributed by atoms with Crippen LogP contribution in [-0.4, -0.2) is 74.1 Å². The molecule has 3 heterocycles. The van der Waals surface area contributed by atoms with Crippen LogP contribution in [0.1, 0.15) is 26.2 Å². The van der Waals surface area contributed by atoms with Crippen LogP contribution < -0.4 is 10.2 Å². The highest BCUT2D eigenvalue weighted by Crippen LogP contribution is 2.37. The minimum atomic E-state index is -0.201. The molecule has 6 heteroatoms. The summed E-state index contributed by atoms with van der Waals surface area (Å²) in [4.78, 5) is 19.7. The first-order valence-corrected chi connectivity index (χ1v) is 10.3. The standard InChI is InChI=1S/C21H31FN4O/c1-17(20(27)26-10-7-21(8-11-26)6-9-23-16-21)24-12-14-25(15-13-24)19-4-2-18(22)3-5-19/h2-5,17,23H,6-16H2,1H3. The summed E-state index contributed by atoms with van der Waals surface area (Å²) in [5, 5.41) is 3.48. The van der Waals surface area contributed by atoms with Crippen molar-refractivity contribution >= 4 is 11.6 Å². The van der Waals surface area contributed by atoms with Gasteiger partial charge in [0.25, 0.3) is 0 Å². The minimum absolute atomic E-state index is 0.0591. The molecule has 27 heavy (non-hydrogen) atoms. The maximum Gasteiger partial charge on any atom is 0.239 e. The third-order valence-electron chi connectivity index (χ3n) is 6.88. The van der Waals surface area contributed by atoms with E-state index in [9.17, 15) is 9.18 Å². The minimum Gasteiger partial charge on any atom is -0.369 e. The van der Waals surface area contributed by atoms with Gasteiger partial charge in [-0.3, -0.25) is 9.69 Å². The van der Waals surface area contributed by atoms with Gasteiger partial charge in [-0.15, -0.1) is 0 Å². The van der Waals surface area contributed by atoms with Crippen LogP contribution in [0.5, 0.6) is 0 Å². The normalized spacial score (nSPS) is 24.4. The first-order chi connectivity index (χ1) is 13.1. The highest BCUT2D eigenvalue weighted by Gasteiger charge is 2.39. The summed E-state index contributed by atoms with van der Waals surface area (Å²) >= 11 is 0. The van der Waals surface area contributed by atoms with Crippen molar-refractivity contribution in [3.8, 4) is 0 Å². The van der Waals surface area contributed by atoms with Crippen molar-refractivity contribution in [2.75, 3.05) is 57.3 Å². The zero-order valence-electron chi connectivity index (χ0n) is 16.3. The lowest BCUT2D eigenvalue weighted by molar-refractivity contribution is -0.138. The van der Waals surface area contributed by atoms with E-state index in [2.05, 4.69) is 26.9 Å². The molecule has 3 saturated heterocycles. The molecule has 1 amide bonds. The Morgan fingerprint density at radius 3 is 2.30 bits per heavy atom. The molecule has 0 aliphatic carbocycles. The van der Waals surface area contributed by atoms with Gasteiger partial charge in [-0.25, -0.2) is 4.39 Å². The van der Waals surface area contributed by atoms with Crippen molar-refractivity contribution < 1.29 is 9.18 Å². The number of anilines is 1. The Hall–Kier alpha value is -1.66. The predicted molar refractivity (Wildman–Crippen MR) is 105 cm³/mol. The SMILES string of the molecule is CC(C(=O)N1CCC2(CCNC2)CC1)N1CCN(c2ccc(F)cc2)CC1. The van der Waals surface area contributed by atoms with Gasteiger partial charge in [0.2, 0.25) is 5.91 Å². The van der Waals surface area contributed by atoms with Gasteiger partial charge < -0.3 is 15.1 Å². The Morgan fingerprint density at radius 1 is 1.04 bits per heavy atom. The van der Waals surface area contributed by atoms with Gasteiger partial charge in [0, 0.05) is 51.5 Å². The van der Waals surface area contributed by atoms with Crippen molar-refractivity contribution in [1.82, 2.24) is 15.1 Å². The summed E-state index contributed by atoms with van der Waals surface area (Å²) in [6, 6.07) is 6.63. The number of carbonyl (C=O) groups excluding carboxylic acids is 1. The smallest absolute Gasteiger partial charge is 0.239 e. The third kappa shape index (κ3) is 3.97. The molecule has 3 fully saturated rings. The average Bonchev–Trinajstić information content (AvgIpc) is 3.16. The number of amides is 1. The summed E-state index contributed by atoms with van der Waals surface area (Å²) in [7, 11) is 0. The van der Waals surface area contributed by atoms with E-state index in [1.807, 2.05) is 12.1 Å². The van der Waals surface area contributed by atoms with Crippen LogP contribution >= 0.6 is 0 Å². The molecule has 1 aromatic carbocycles. The Balaban J connectivity index is 1.28. The second-order valence-corrected chi connectivity index (χ2v) is 8.43. The predicted octanol–water partition coefficient (Wildman–Crippen LogP) is 1.94. The van der Waals surface area contributed by atoms with Gasteiger partial charge in [-0.1, -0.05) is 0 Å². The summed E-state index contributed by atoms with van der Waals surface area (Å²) in [6.07, 6.45) is 3.53. The third-order valence-corrected chi connectivity index (χ3v) is 6.88. The van der Waals surface area contributed by atoms with Crippen LogP contribution in [0, 0.1) is 11.2 Å². The molecule has 1 unspecified atom stereocenters. The number of nitrogens with zero attached hydrogens (tertiary/aromatic N) is 3. The first kappa shape index (κ1) is 18.7. The number of piperidine rings is 1. The number of likely N-dealkylation sites (tertiary alicyclic amines) is 1. The van der Waals surface area contributed by atoms with Crippen molar-refractivity contribution in [3.05, 3.63) is 30.1 Å². The second kappa shape index (κ2) is 7.76. The highest BCUT2D eigenvalue weighted by molar-refractivity contribution is 5.81. The van der Waals surface area contributed by atoms with Gasteiger partial charge >= 0.3 is 0 Å². The van der Waals surface area contributed by atoms with Gasteiger partial charge in [0.15, 0.2) is 0 Å². The molecule has 1 atom stereocenters. The number of carbonyl (C=O) groups is 1. The molecule has 1 N–H and O–H groups in total. The van der Waals surface area contributed by atoms with Crippen molar-refractivity contribution in [3.63, 3.8) is 0 Å². The molecular formula is C21H31FN4O. The van der Waals surface area contributed by atoms with Gasteiger partial charge in [0.1, 0.15) is 5.82 Å². The summed E-state index contributed by atoms with van der Waals surface area (Å²) in [6.45, 7) is 9.59. The molecule has 3 aliphatic rings. The maximum atomic E-state index is 13.1. The Bertz CT molecular complexity index is 641. The molecule has 0 saturated carbocycles. The lowest BCUT2D eigenvalue weighted by Crippen LogP contribution is -2.56. The molecule has 3 aliphatic heterocycles. The highest BCUT2D eigenvalue weighted by atomic mass is 19.1. The van der Waals surface area contributed by atoms with Crippen molar-refractivity contribution in [2.45, 2.75) is 32.2 Å². The molecule has 4 rings (SSSR count). The Kier molecular flexibility index (Phi) is 5.37. The number of halogens is 1. The maximum absolute atomic E-state index is 13.1. The second-order valence-electron chi connectivity index (χ2n) is 8.43. The van der Waals surface area contributed by atoms with E-state index in [-0.39, 0.29) is 17.8 Å². The van der Waals surface area contributed by atoms with Crippen LogP contribution in [-0.2, 0) is 4.79 Å². The van der Waals surface area contributed by atoms with E-state index in [0.717, 1.165) is 70.9 Å². The first-order valence-electron chi connectivity index (χ1n) is 10.3. The number of benzene rings is 1. The van der Waals surface area contributed by atoms with E-state index in [4.69, 9.17) is 0 Å². The quantitative estimate of drug-likeness (QED) is 0.878. The van der Waals surface area contributed by atoms with Gasteiger partial charge in [0.05, 0.1) is 6.04 Å². The average molecular weight is 375 g/mol. The van der Waals surface area contributed by atoms with Crippen LogP contribution in [0.4, 0.5) is 10.1 Å². The fourth-order valence-electron chi connectivity index (χ4n) is 4.86. The zero-order valence-corrected chi connectivity index (χ0v) is 16.3. The summed E-state index contributed by atoms with van der Waals surface area (Å²) in [5.41, 5.74) is 1.50. The molecule has 0 bridgehead atoms. The largest absolute Gasteiger partial charge is 0.369 e. The molecule has 1 spiro atoms. The summed E-state index contributed by atoms with van der Waals surface area (Å²) in [5.74, 6) is 0.0827. The monoisotopic (exact) mass is 374 g/mol. The van der Waals surface area contributed by atoms with E-state index >= 15 is 0 Å². The van der Waals surface area contributed by atoms with Gasteiger partial charge in [-0.2, -0.15) is 0 Å². The van der Waals surface area contributed by atoms with Crippen LogP contribution in [0.25, 0.3) is 0 Å². The fraction of sp³-hybridized carbons (Fsp3) is 0.667. The van der Waals surface area contributed by atoms with Crippen LogP contribution in [0.3, 0.4) is 0 Å². The van der Waals surface area contributed by atoms with Crippen molar-refractivity contribution in [2.24, 2.45) is 5.41 Å². The van der Waals surface area contributed by atoms with E-state index in [1.165, 1.54) is 18.6 Å². The van der Waals surface area contributed by atoms with Gasteiger partial charge in [-0.05, 0) is 62.4 Å². The molecule has 0 radical (unpaired) electrons. The number of nitrogens with one attached hydrogen (secondary N) is 1. The van der Waals surface area contributed by atoms with Crippen LogP contribution in [0.2, 0.25) is 0 Å². The number of piperazine rings is 1.